The number of benzene rings is 1. The standard InChI is InChI=1S/C14H22N2O3S.ClH/c1-4-19-13-5-7-14(8-6-13)20(17,18)16-10-9-15-11(2)12(16)3;/h5-8,11-12,15H,4,9-10H2,1-3H3;1H. The minimum atomic E-state index is -3.44. The highest BCUT2D eigenvalue weighted by Gasteiger charge is 2.34. The molecule has 1 aliphatic rings. The van der Waals surface area contributed by atoms with Gasteiger partial charge in [0.05, 0.1) is 11.5 Å². The number of ether oxygens (including phenoxy) is 1. The molecule has 1 heterocycles. The van der Waals surface area contributed by atoms with Gasteiger partial charge in [0.2, 0.25) is 10.0 Å². The van der Waals surface area contributed by atoms with Crippen LogP contribution in [0.25, 0.3) is 0 Å². The second-order valence-electron chi connectivity index (χ2n) is 5.00. The van der Waals surface area contributed by atoms with Crippen molar-refractivity contribution in [2.24, 2.45) is 0 Å². The third-order valence-electron chi connectivity index (χ3n) is 3.72. The van der Waals surface area contributed by atoms with Crippen LogP contribution in [0.15, 0.2) is 29.2 Å². The summed E-state index contributed by atoms with van der Waals surface area (Å²) in [6.07, 6.45) is 0. The Morgan fingerprint density at radius 2 is 1.90 bits per heavy atom. The fourth-order valence-electron chi connectivity index (χ4n) is 2.37. The van der Waals surface area contributed by atoms with E-state index in [1.807, 2.05) is 20.8 Å². The SMILES string of the molecule is CCOc1ccc(S(=O)(=O)N2CCNC(C)C2C)cc1.Cl. The Balaban J connectivity index is 0.00000220. The number of piperazine rings is 1. The number of halogens is 1. The lowest BCUT2D eigenvalue weighted by atomic mass is 10.1. The first-order valence-electron chi connectivity index (χ1n) is 6.95. The van der Waals surface area contributed by atoms with Crippen molar-refractivity contribution in [2.45, 2.75) is 37.8 Å². The van der Waals surface area contributed by atoms with E-state index >= 15 is 0 Å². The van der Waals surface area contributed by atoms with Gasteiger partial charge < -0.3 is 10.1 Å². The first-order chi connectivity index (χ1) is 9.46. The summed E-state index contributed by atoms with van der Waals surface area (Å²) in [6.45, 7) is 7.59. The van der Waals surface area contributed by atoms with Crippen LogP contribution < -0.4 is 10.1 Å². The zero-order valence-corrected chi connectivity index (χ0v) is 14.2. The van der Waals surface area contributed by atoms with Crippen LogP contribution in [0, 0.1) is 0 Å². The molecule has 0 bridgehead atoms. The zero-order valence-electron chi connectivity index (χ0n) is 12.6. The monoisotopic (exact) mass is 334 g/mol. The first kappa shape index (κ1) is 18.2. The fourth-order valence-corrected chi connectivity index (χ4v) is 4.08. The minimum Gasteiger partial charge on any atom is -0.494 e. The summed E-state index contributed by atoms with van der Waals surface area (Å²) in [5.41, 5.74) is 0. The van der Waals surface area contributed by atoms with E-state index in [0.29, 0.717) is 30.3 Å². The van der Waals surface area contributed by atoms with Crippen LogP contribution in [0.5, 0.6) is 5.75 Å². The summed E-state index contributed by atoms with van der Waals surface area (Å²) >= 11 is 0. The maximum Gasteiger partial charge on any atom is 0.243 e. The lowest BCUT2D eigenvalue weighted by molar-refractivity contribution is 0.233. The van der Waals surface area contributed by atoms with Gasteiger partial charge in [-0.3, -0.25) is 0 Å². The molecule has 2 atom stereocenters. The van der Waals surface area contributed by atoms with E-state index in [1.54, 1.807) is 28.6 Å². The Bertz CT molecular complexity index is 548. The summed E-state index contributed by atoms with van der Waals surface area (Å²) in [5, 5.41) is 3.29. The van der Waals surface area contributed by atoms with Crippen molar-refractivity contribution < 1.29 is 13.2 Å². The van der Waals surface area contributed by atoms with Crippen LogP contribution in [0.2, 0.25) is 0 Å². The Hall–Kier alpha value is -0.820. The van der Waals surface area contributed by atoms with Crippen LogP contribution in [0.3, 0.4) is 0 Å². The van der Waals surface area contributed by atoms with E-state index in [1.165, 1.54) is 0 Å². The number of hydrogen-bond acceptors (Lipinski definition) is 4. The normalized spacial score (nSPS) is 23.4. The van der Waals surface area contributed by atoms with Gasteiger partial charge in [-0.2, -0.15) is 4.31 Å². The Morgan fingerprint density at radius 3 is 2.48 bits per heavy atom. The average Bonchev–Trinajstić information content (AvgIpc) is 2.42. The van der Waals surface area contributed by atoms with E-state index in [-0.39, 0.29) is 24.5 Å². The Morgan fingerprint density at radius 1 is 1.29 bits per heavy atom. The van der Waals surface area contributed by atoms with Crippen molar-refractivity contribution >= 4 is 22.4 Å². The molecule has 2 unspecified atom stereocenters. The molecule has 0 amide bonds. The molecule has 1 aromatic rings. The maximum atomic E-state index is 12.7. The third-order valence-corrected chi connectivity index (χ3v) is 5.72. The lowest BCUT2D eigenvalue weighted by Crippen LogP contribution is -2.57. The summed E-state index contributed by atoms with van der Waals surface area (Å²) in [5.74, 6) is 0.688. The largest absolute Gasteiger partial charge is 0.494 e. The van der Waals surface area contributed by atoms with Crippen LogP contribution >= 0.6 is 12.4 Å². The molecule has 1 N–H and O–H groups in total. The fraction of sp³-hybridized carbons (Fsp3) is 0.571. The molecular weight excluding hydrogens is 312 g/mol. The molecule has 0 saturated carbocycles. The van der Waals surface area contributed by atoms with Gasteiger partial charge in [-0.1, -0.05) is 0 Å². The molecule has 0 radical (unpaired) electrons. The van der Waals surface area contributed by atoms with Crippen molar-refractivity contribution in [3.63, 3.8) is 0 Å². The summed E-state index contributed by atoms with van der Waals surface area (Å²) in [6, 6.07) is 6.72. The Kier molecular flexibility index (Phi) is 6.46. The van der Waals surface area contributed by atoms with Crippen molar-refractivity contribution in [3.05, 3.63) is 24.3 Å². The van der Waals surface area contributed by atoms with Gasteiger partial charge >= 0.3 is 0 Å². The highest BCUT2D eigenvalue weighted by atomic mass is 35.5. The van der Waals surface area contributed by atoms with Gasteiger partial charge in [0.25, 0.3) is 0 Å². The topological polar surface area (TPSA) is 58.6 Å². The minimum absolute atomic E-state index is 0. The van der Waals surface area contributed by atoms with E-state index in [2.05, 4.69) is 5.32 Å². The first-order valence-corrected chi connectivity index (χ1v) is 8.39. The molecule has 21 heavy (non-hydrogen) atoms. The van der Waals surface area contributed by atoms with Crippen LogP contribution in [-0.4, -0.2) is 44.5 Å². The van der Waals surface area contributed by atoms with Crippen LogP contribution in [-0.2, 0) is 10.0 Å². The molecule has 1 aromatic carbocycles. The second kappa shape index (κ2) is 7.45. The quantitative estimate of drug-likeness (QED) is 0.913. The van der Waals surface area contributed by atoms with Crippen molar-refractivity contribution in [2.75, 3.05) is 19.7 Å². The molecule has 120 valence electrons. The van der Waals surface area contributed by atoms with E-state index < -0.39 is 10.0 Å². The van der Waals surface area contributed by atoms with Gasteiger partial charge in [-0.05, 0) is 45.0 Å². The van der Waals surface area contributed by atoms with E-state index in [4.69, 9.17) is 4.74 Å². The van der Waals surface area contributed by atoms with Gasteiger partial charge in [0.15, 0.2) is 0 Å². The molecule has 0 aromatic heterocycles. The maximum absolute atomic E-state index is 12.7. The molecule has 2 rings (SSSR count). The number of nitrogens with zero attached hydrogens (tertiary/aromatic N) is 1. The van der Waals surface area contributed by atoms with E-state index in [9.17, 15) is 8.42 Å². The number of sulfonamides is 1. The third kappa shape index (κ3) is 3.88. The van der Waals surface area contributed by atoms with Gasteiger partial charge in [0, 0.05) is 25.2 Å². The molecule has 5 nitrogen and oxygen atoms in total. The predicted octanol–water partition coefficient (Wildman–Crippen LogP) is 1.88. The average molecular weight is 335 g/mol. The molecule has 0 aliphatic carbocycles. The number of hydrogen-bond donors (Lipinski definition) is 1. The summed E-state index contributed by atoms with van der Waals surface area (Å²) < 4.78 is 32.3. The highest BCUT2D eigenvalue weighted by Crippen LogP contribution is 2.23. The molecule has 1 fully saturated rings. The zero-order chi connectivity index (χ0) is 14.8. The molecule has 1 aliphatic heterocycles. The smallest absolute Gasteiger partial charge is 0.243 e. The predicted molar refractivity (Wildman–Crippen MR) is 85.7 cm³/mol. The van der Waals surface area contributed by atoms with Crippen molar-refractivity contribution in [3.8, 4) is 5.75 Å². The molecule has 7 heteroatoms. The molecule has 0 spiro atoms. The highest BCUT2D eigenvalue weighted by molar-refractivity contribution is 7.89. The van der Waals surface area contributed by atoms with E-state index in [0.717, 1.165) is 0 Å². The second-order valence-corrected chi connectivity index (χ2v) is 6.89. The van der Waals surface area contributed by atoms with Gasteiger partial charge in [0.1, 0.15) is 5.75 Å². The van der Waals surface area contributed by atoms with Gasteiger partial charge in [-0.25, -0.2) is 8.42 Å². The van der Waals surface area contributed by atoms with Crippen molar-refractivity contribution in [1.82, 2.24) is 9.62 Å². The van der Waals surface area contributed by atoms with Gasteiger partial charge in [-0.15, -0.1) is 12.4 Å². The number of nitrogens with one attached hydrogen (secondary N) is 1. The number of rotatable bonds is 4. The Labute approximate surface area is 133 Å². The van der Waals surface area contributed by atoms with Crippen LogP contribution in [0.4, 0.5) is 0 Å². The lowest BCUT2D eigenvalue weighted by Gasteiger charge is -2.37. The molecule has 1 saturated heterocycles. The van der Waals surface area contributed by atoms with Crippen molar-refractivity contribution in [1.29, 1.82) is 0 Å². The molecular formula is C14H23ClN2O3S. The summed E-state index contributed by atoms with van der Waals surface area (Å²) in [4.78, 5) is 0.321. The van der Waals surface area contributed by atoms with Crippen LogP contribution in [0.1, 0.15) is 20.8 Å². The summed E-state index contributed by atoms with van der Waals surface area (Å²) in [7, 11) is -3.44.